The van der Waals surface area contributed by atoms with Crippen LogP contribution in [0.25, 0.3) is 11.5 Å². The number of piperazine rings is 1. The second kappa shape index (κ2) is 8.39. The minimum atomic E-state index is 0.00469. The van der Waals surface area contributed by atoms with Gasteiger partial charge in [-0.1, -0.05) is 40.9 Å². The van der Waals surface area contributed by atoms with E-state index in [4.69, 9.17) is 27.6 Å². The lowest BCUT2D eigenvalue weighted by Gasteiger charge is -2.34. The molecule has 0 N–H and O–H groups in total. The van der Waals surface area contributed by atoms with Gasteiger partial charge < -0.3 is 14.2 Å². The minimum Gasteiger partial charge on any atom is -0.419 e. The van der Waals surface area contributed by atoms with Crippen LogP contribution in [0, 0.1) is 18.3 Å². The van der Waals surface area contributed by atoms with E-state index >= 15 is 0 Å². The molecule has 6 nitrogen and oxygen atoms in total. The zero-order chi connectivity index (χ0) is 21.3. The molecule has 152 valence electrons. The Morgan fingerprint density at radius 2 is 1.90 bits per heavy atom. The summed E-state index contributed by atoms with van der Waals surface area (Å²) in [5, 5.41) is 10.4. The molecule has 1 aliphatic rings. The van der Waals surface area contributed by atoms with Gasteiger partial charge in [-0.05, 0) is 37.3 Å². The predicted octanol–water partition coefficient (Wildman–Crippen LogP) is 4.79. The van der Waals surface area contributed by atoms with Crippen LogP contribution < -0.4 is 4.90 Å². The SMILES string of the molecule is Cc1cccc(C(=O)N2CCN(c3oc(-c4ccc(Cl)cc4Cl)nc3C#N)CC2)c1. The largest absolute Gasteiger partial charge is 0.419 e. The summed E-state index contributed by atoms with van der Waals surface area (Å²) in [6.07, 6.45) is 0. The number of benzene rings is 2. The highest BCUT2D eigenvalue weighted by molar-refractivity contribution is 6.36. The molecule has 1 amide bonds. The number of hydrogen-bond acceptors (Lipinski definition) is 5. The molecule has 0 radical (unpaired) electrons. The predicted molar refractivity (Wildman–Crippen MR) is 116 cm³/mol. The molecule has 1 aliphatic heterocycles. The van der Waals surface area contributed by atoms with Gasteiger partial charge in [0.2, 0.25) is 17.5 Å². The number of aromatic nitrogens is 1. The number of anilines is 1. The number of carbonyl (C=O) groups is 1. The summed E-state index contributed by atoms with van der Waals surface area (Å²) in [5.74, 6) is 0.660. The fourth-order valence-electron chi connectivity index (χ4n) is 3.45. The monoisotopic (exact) mass is 440 g/mol. The van der Waals surface area contributed by atoms with Crippen molar-refractivity contribution in [1.29, 1.82) is 5.26 Å². The van der Waals surface area contributed by atoms with Gasteiger partial charge in [0.1, 0.15) is 6.07 Å². The Morgan fingerprint density at radius 1 is 1.13 bits per heavy atom. The molecule has 0 spiro atoms. The Labute approximate surface area is 184 Å². The Bertz CT molecular complexity index is 1140. The summed E-state index contributed by atoms with van der Waals surface area (Å²) < 4.78 is 5.91. The van der Waals surface area contributed by atoms with Gasteiger partial charge in [0.25, 0.3) is 5.91 Å². The Hall–Kier alpha value is -3.01. The van der Waals surface area contributed by atoms with Gasteiger partial charge in [0.15, 0.2) is 0 Å². The summed E-state index contributed by atoms with van der Waals surface area (Å²) in [7, 11) is 0. The number of aryl methyl sites for hydroxylation is 1. The summed E-state index contributed by atoms with van der Waals surface area (Å²) in [6.45, 7) is 4.09. The first-order valence-corrected chi connectivity index (χ1v) is 10.2. The lowest BCUT2D eigenvalue weighted by molar-refractivity contribution is 0.0745. The second-order valence-electron chi connectivity index (χ2n) is 7.06. The van der Waals surface area contributed by atoms with E-state index in [0.717, 1.165) is 5.56 Å². The lowest BCUT2D eigenvalue weighted by Crippen LogP contribution is -2.48. The van der Waals surface area contributed by atoms with E-state index in [-0.39, 0.29) is 17.5 Å². The molecule has 8 heteroatoms. The number of nitriles is 1. The lowest BCUT2D eigenvalue weighted by atomic mass is 10.1. The molecular weight excluding hydrogens is 423 g/mol. The molecule has 2 aromatic carbocycles. The summed E-state index contributed by atoms with van der Waals surface area (Å²) in [5.41, 5.74) is 2.49. The van der Waals surface area contributed by atoms with Gasteiger partial charge in [-0.2, -0.15) is 10.2 Å². The van der Waals surface area contributed by atoms with Gasteiger partial charge in [0.05, 0.1) is 10.6 Å². The van der Waals surface area contributed by atoms with Crippen LogP contribution in [0.5, 0.6) is 0 Å². The minimum absolute atomic E-state index is 0.00469. The number of nitrogens with zero attached hydrogens (tertiary/aromatic N) is 4. The van der Waals surface area contributed by atoms with E-state index < -0.39 is 0 Å². The smallest absolute Gasteiger partial charge is 0.253 e. The van der Waals surface area contributed by atoms with Crippen LogP contribution in [0.2, 0.25) is 10.0 Å². The van der Waals surface area contributed by atoms with Crippen molar-refractivity contribution in [1.82, 2.24) is 9.88 Å². The molecule has 2 heterocycles. The number of oxazole rings is 1. The molecule has 0 aliphatic carbocycles. The van der Waals surface area contributed by atoms with Crippen LogP contribution in [0.1, 0.15) is 21.6 Å². The third-order valence-corrected chi connectivity index (χ3v) is 5.54. The molecule has 0 unspecified atom stereocenters. The summed E-state index contributed by atoms with van der Waals surface area (Å²) in [4.78, 5) is 20.8. The van der Waals surface area contributed by atoms with Crippen LogP contribution in [0.15, 0.2) is 46.9 Å². The van der Waals surface area contributed by atoms with Gasteiger partial charge >= 0.3 is 0 Å². The average Bonchev–Trinajstić information content (AvgIpc) is 3.17. The van der Waals surface area contributed by atoms with Crippen LogP contribution in [0.3, 0.4) is 0 Å². The van der Waals surface area contributed by atoms with E-state index in [1.807, 2.05) is 41.0 Å². The second-order valence-corrected chi connectivity index (χ2v) is 7.90. The molecule has 1 fully saturated rings. The Balaban J connectivity index is 1.51. The maximum atomic E-state index is 12.8. The molecule has 0 bridgehead atoms. The van der Waals surface area contributed by atoms with Crippen molar-refractivity contribution in [3.8, 4) is 17.5 Å². The molecule has 0 saturated carbocycles. The van der Waals surface area contributed by atoms with Crippen LogP contribution in [-0.4, -0.2) is 42.0 Å². The third kappa shape index (κ3) is 4.00. The molecule has 1 aromatic heterocycles. The number of rotatable bonds is 3. The van der Waals surface area contributed by atoms with Crippen molar-refractivity contribution < 1.29 is 9.21 Å². The number of amides is 1. The highest BCUT2D eigenvalue weighted by atomic mass is 35.5. The average molecular weight is 441 g/mol. The topological polar surface area (TPSA) is 73.4 Å². The standard InChI is InChI=1S/C22H18Cl2N4O2/c1-14-3-2-4-15(11-14)21(29)27-7-9-28(10-8-27)22-19(13-25)26-20(30-22)17-6-5-16(23)12-18(17)24/h2-6,11-12H,7-10H2,1H3. The quantitative estimate of drug-likeness (QED) is 0.584. The van der Waals surface area contributed by atoms with E-state index in [1.54, 1.807) is 18.2 Å². The van der Waals surface area contributed by atoms with Crippen LogP contribution >= 0.6 is 23.2 Å². The first-order valence-electron chi connectivity index (χ1n) is 9.43. The summed E-state index contributed by atoms with van der Waals surface area (Å²) in [6, 6.07) is 14.6. The molecule has 3 aromatic rings. The zero-order valence-corrected chi connectivity index (χ0v) is 17.7. The van der Waals surface area contributed by atoms with Crippen molar-refractivity contribution in [3.63, 3.8) is 0 Å². The molecule has 4 rings (SSSR count). The molecule has 0 atom stereocenters. The molecule has 1 saturated heterocycles. The van der Waals surface area contributed by atoms with Crippen molar-refractivity contribution in [2.45, 2.75) is 6.92 Å². The van der Waals surface area contributed by atoms with E-state index in [0.29, 0.717) is 53.2 Å². The number of carbonyl (C=O) groups excluding carboxylic acids is 1. The fourth-order valence-corrected chi connectivity index (χ4v) is 3.94. The van der Waals surface area contributed by atoms with Crippen molar-refractivity contribution in [2.24, 2.45) is 0 Å². The van der Waals surface area contributed by atoms with E-state index in [1.165, 1.54) is 0 Å². The normalized spacial score (nSPS) is 13.9. The molecular formula is C22H18Cl2N4O2. The van der Waals surface area contributed by atoms with E-state index in [2.05, 4.69) is 11.1 Å². The highest BCUT2D eigenvalue weighted by Crippen LogP contribution is 2.34. The first kappa shape index (κ1) is 20.3. The number of halogens is 2. The van der Waals surface area contributed by atoms with Crippen molar-refractivity contribution >= 4 is 35.0 Å². The maximum absolute atomic E-state index is 12.8. The van der Waals surface area contributed by atoms with Gasteiger partial charge in [-0.3, -0.25) is 4.79 Å². The van der Waals surface area contributed by atoms with Crippen molar-refractivity contribution in [2.75, 3.05) is 31.1 Å². The zero-order valence-electron chi connectivity index (χ0n) is 16.2. The third-order valence-electron chi connectivity index (χ3n) is 5.00. The molecule has 30 heavy (non-hydrogen) atoms. The van der Waals surface area contributed by atoms with Gasteiger partial charge in [-0.25, -0.2) is 0 Å². The Kier molecular flexibility index (Phi) is 5.67. The maximum Gasteiger partial charge on any atom is 0.253 e. The Morgan fingerprint density at radius 3 is 2.57 bits per heavy atom. The van der Waals surface area contributed by atoms with Gasteiger partial charge in [-0.15, -0.1) is 0 Å². The fraction of sp³-hybridized carbons (Fsp3) is 0.227. The van der Waals surface area contributed by atoms with Crippen LogP contribution in [-0.2, 0) is 0 Å². The van der Waals surface area contributed by atoms with E-state index in [9.17, 15) is 10.1 Å². The summed E-state index contributed by atoms with van der Waals surface area (Å²) >= 11 is 12.2. The highest BCUT2D eigenvalue weighted by Gasteiger charge is 2.27. The van der Waals surface area contributed by atoms with Gasteiger partial charge in [0, 0.05) is 36.8 Å². The first-order chi connectivity index (χ1) is 14.5. The van der Waals surface area contributed by atoms with Crippen LogP contribution in [0.4, 0.5) is 5.88 Å². The number of hydrogen-bond donors (Lipinski definition) is 0. The van der Waals surface area contributed by atoms with Crippen molar-refractivity contribution in [3.05, 3.63) is 69.3 Å².